The Morgan fingerprint density at radius 3 is 2.43 bits per heavy atom. The van der Waals surface area contributed by atoms with Crippen LogP contribution in [0, 0.1) is 17.8 Å². The number of rotatable bonds is 15. The zero-order valence-electron chi connectivity index (χ0n) is 26.0. The Hall–Kier alpha value is -3.28. The van der Waals surface area contributed by atoms with E-state index in [1.807, 2.05) is 6.08 Å². The van der Waals surface area contributed by atoms with Gasteiger partial charge in [-0.2, -0.15) is 0 Å². The molecule has 2 aliphatic rings. The molecule has 1 aromatic rings. The molecule has 0 aromatic heterocycles. The van der Waals surface area contributed by atoms with Gasteiger partial charge in [0.1, 0.15) is 18.8 Å². The number of aromatic hydroxyl groups is 1. The fraction of sp³-hybridized carbons (Fsp3) is 0.636. The number of hydrogen-bond donors (Lipinski definition) is 6. The van der Waals surface area contributed by atoms with Gasteiger partial charge in [-0.15, -0.1) is 0 Å². The Bertz CT molecular complexity index is 1150. The number of dihydropyridines is 1. The summed E-state index contributed by atoms with van der Waals surface area (Å²) < 4.78 is 17.2. The summed E-state index contributed by atoms with van der Waals surface area (Å²) in [5.41, 5.74) is 8.42. The van der Waals surface area contributed by atoms with Gasteiger partial charge in [-0.1, -0.05) is 18.9 Å². The molecule has 1 aromatic carbocycles. The number of phenolic OH excluding ortho intramolecular Hbond substituents is 1. The van der Waals surface area contributed by atoms with Crippen molar-refractivity contribution in [1.82, 2.24) is 5.32 Å². The van der Waals surface area contributed by atoms with Crippen LogP contribution >= 0.6 is 0 Å². The maximum Gasteiger partial charge on any atom is 0.302 e. The third-order valence-corrected chi connectivity index (χ3v) is 8.48. The molecule has 246 valence electrons. The van der Waals surface area contributed by atoms with Crippen molar-refractivity contribution in [1.29, 1.82) is 0 Å². The molecular weight excluding hydrogens is 568 g/mol. The fourth-order valence-electron chi connectivity index (χ4n) is 6.48. The van der Waals surface area contributed by atoms with Crippen LogP contribution in [0.1, 0.15) is 76.3 Å². The number of ether oxygens (including phenoxy) is 3. The number of allylic oxidation sites excluding steroid dienone is 2. The number of nitrogens with one attached hydrogen (secondary N) is 1. The highest BCUT2D eigenvalue weighted by Crippen LogP contribution is 2.38. The van der Waals surface area contributed by atoms with E-state index in [1.165, 1.54) is 13.8 Å². The molecule has 0 radical (unpaired) electrons. The molecule has 1 aliphatic heterocycles. The van der Waals surface area contributed by atoms with Crippen LogP contribution < -0.4 is 15.8 Å². The SMILES string of the molecule is CC(=O)OC(CCc1cc(OCCO)c(O)cc1C1=CCNC(N)=C1)CC(OC(C)=O)C1CC(CO)CCCC(CCO)C1. The van der Waals surface area contributed by atoms with Gasteiger partial charge in [0.05, 0.1) is 12.4 Å². The minimum atomic E-state index is -0.586. The lowest BCUT2D eigenvalue weighted by Crippen LogP contribution is -2.36. The van der Waals surface area contributed by atoms with Crippen molar-refractivity contribution in [3.63, 3.8) is 0 Å². The van der Waals surface area contributed by atoms with Crippen molar-refractivity contribution in [2.75, 3.05) is 33.0 Å². The molecular formula is C33H50N2O9. The second-order valence-corrected chi connectivity index (χ2v) is 11.9. The summed E-state index contributed by atoms with van der Waals surface area (Å²) in [6.45, 7) is 3.18. The van der Waals surface area contributed by atoms with E-state index in [2.05, 4.69) is 5.32 Å². The summed E-state index contributed by atoms with van der Waals surface area (Å²) >= 11 is 0. The van der Waals surface area contributed by atoms with Crippen LogP contribution in [0.25, 0.3) is 5.57 Å². The van der Waals surface area contributed by atoms with Crippen molar-refractivity contribution in [3.8, 4) is 11.5 Å². The Morgan fingerprint density at radius 1 is 1.05 bits per heavy atom. The van der Waals surface area contributed by atoms with Crippen LogP contribution in [-0.2, 0) is 25.5 Å². The lowest BCUT2D eigenvalue weighted by Gasteiger charge is -2.35. The van der Waals surface area contributed by atoms with Crippen LogP contribution in [-0.4, -0.2) is 77.5 Å². The summed E-state index contributed by atoms with van der Waals surface area (Å²) in [4.78, 5) is 24.5. The van der Waals surface area contributed by atoms with Crippen LogP contribution in [0.15, 0.2) is 30.1 Å². The lowest BCUT2D eigenvalue weighted by molar-refractivity contribution is -0.156. The van der Waals surface area contributed by atoms with E-state index in [4.69, 9.17) is 19.9 Å². The highest BCUT2D eigenvalue weighted by molar-refractivity contribution is 5.79. The summed E-state index contributed by atoms with van der Waals surface area (Å²) in [6, 6.07) is 3.33. The van der Waals surface area contributed by atoms with Gasteiger partial charge in [0.25, 0.3) is 0 Å². The van der Waals surface area contributed by atoms with Gasteiger partial charge >= 0.3 is 11.9 Å². The van der Waals surface area contributed by atoms with E-state index in [9.17, 15) is 30.0 Å². The molecule has 1 fully saturated rings. The molecule has 1 saturated carbocycles. The standard InChI is InChI=1S/C33H50N2O9/c1-21(39)43-28(18-31(44-22(2)40)27-14-23(9-11-36)4-3-5-24(15-27)20-38)7-6-25-16-32(42-13-12-37)30(41)19-29(25)26-8-10-35-33(34)17-26/h8,16-17,19,23-24,27-28,31,35-38,41H,3-7,9-15,18,20,34H2,1-2H3. The predicted molar refractivity (Wildman–Crippen MR) is 165 cm³/mol. The minimum Gasteiger partial charge on any atom is -0.504 e. The smallest absolute Gasteiger partial charge is 0.302 e. The van der Waals surface area contributed by atoms with E-state index in [0.29, 0.717) is 38.0 Å². The quantitative estimate of drug-likeness (QED) is 0.159. The molecule has 0 bridgehead atoms. The lowest BCUT2D eigenvalue weighted by atomic mass is 9.75. The second kappa shape index (κ2) is 17.9. The average molecular weight is 619 g/mol. The Labute approximate surface area is 260 Å². The molecule has 11 heteroatoms. The predicted octanol–water partition coefficient (Wildman–Crippen LogP) is 2.92. The maximum atomic E-state index is 12.3. The summed E-state index contributed by atoms with van der Waals surface area (Å²) in [5.74, 6) is 0.0568. The van der Waals surface area contributed by atoms with Gasteiger partial charge in [0.2, 0.25) is 0 Å². The number of benzene rings is 1. The first-order valence-electron chi connectivity index (χ1n) is 15.7. The van der Waals surface area contributed by atoms with Gasteiger partial charge in [0.15, 0.2) is 11.5 Å². The van der Waals surface area contributed by atoms with E-state index >= 15 is 0 Å². The first-order valence-corrected chi connectivity index (χ1v) is 15.7. The third kappa shape index (κ3) is 11.0. The highest BCUT2D eigenvalue weighted by atomic mass is 16.6. The van der Waals surface area contributed by atoms with Crippen LogP contribution in [0.2, 0.25) is 0 Å². The molecule has 11 nitrogen and oxygen atoms in total. The molecule has 3 rings (SSSR count). The summed E-state index contributed by atoms with van der Waals surface area (Å²) in [5, 5.41) is 42.6. The van der Waals surface area contributed by atoms with Gasteiger partial charge in [-0.05, 0) is 91.2 Å². The largest absolute Gasteiger partial charge is 0.504 e. The monoisotopic (exact) mass is 618 g/mol. The number of aliphatic hydroxyl groups excluding tert-OH is 3. The van der Waals surface area contributed by atoms with Crippen molar-refractivity contribution in [3.05, 3.63) is 41.2 Å². The Kier molecular flexibility index (Phi) is 14.3. The highest BCUT2D eigenvalue weighted by Gasteiger charge is 2.34. The number of carbonyl (C=O) groups is 2. The number of hydrogen-bond acceptors (Lipinski definition) is 11. The number of esters is 2. The molecule has 5 unspecified atom stereocenters. The number of aliphatic hydroxyl groups is 3. The molecule has 0 spiro atoms. The fourth-order valence-corrected chi connectivity index (χ4v) is 6.48. The zero-order chi connectivity index (χ0) is 32.1. The second-order valence-electron chi connectivity index (χ2n) is 11.9. The number of aryl methyl sites for hydroxylation is 1. The summed E-state index contributed by atoms with van der Waals surface area (Å²) in [6.07, 6.45) is 8.58. The molecule has 0 amide bonds. The molecule has 44 heavy (non-hydrogen) atoms. The molecule has 1 aliphatic carbocycles. The zero-order valence-corrected chi connectivity index (χ0v) is 26.0. The number of phenols is 1. The van der Waals surface area contributed by atoms with Crippen molar-refractivity contribution in [2.24, 2.45) is 23.5 Å². The van der Waals surface area contributed by atoms with Crippen molar-refractivity contribution >= 4 is 17.5 Å². The molecule has 0 saturated heterocycles. The van der Waals surface area contributed by atoms with Crippen LogP contribution in [0.4, 0.5) is 0 Å². The van der Waals surface area contributed by atoms with Crippen LogP contribution in [0.3, 0.4) is 0 Å². The van der Waals surface area contributed by atoms with Crippen LogP contribution in [0.5, 0.6) is 11.5 Å². The van der Waals surface area contributed by atoms with E-state index in [0.717, 1.165) is 42.4 Å². The van der Waals surface area contributed by atoms with Gasteiger partial charge < -0.3 is 45.7 Å². The van der Waals surface area contributed by atoms with E-state index in [1.54, 1.807) is 18.2 Å². The molecule has 7 N–H and O–H groups in total. The van der Waals surface area contributed by atoms with E-state index < -0.39 is 24.1 Å². The minimum absolute atomic E-state index is 0.0133. The van der Waals surface area contributed by atoms with Gasteiger partial charge in [0, 0.05) is 40.0 Å². The van der Waals surface area contributed by atoms with Crippen molar-refractivity contribution in [2.45, 2.75) is 83.8 Å². The van der Waals surface area contributed by atoms with E-state index in [-0.39, 0.29) is 62.1 Å². The number of nitrogens with two attached hydrogens (primary N) is 1. The first-order chi connectivity index (χ1) is 21.1. The third-order valence-electron chi connectivity index (χ3n) is 8.48. The van der Waals surface area contributed by atoms with Crippen molar-refractivity contribution < 1.29 is 44.2 Å². The van der Waals surface area contributed by atoms with Gasteiger partial charge in [-0.3, -0.25) is 9.59 Å². The van der Waals surface area contributed by atoms with Gasteiger partial charge in [-0.25, -0.2) is 0 Å². The summed E-state index contributed by atoms with van der Waals surface area (Å²) in [7, 11) is 0. The first kappa shape index (κ1) is 35.2. The Morgan fingerprint density at radius 2 is 1.77 bits per heavy atom. The average Bonchev–Trinajstić information content (AvgIpc) is 2.96. The normalized spacial score (nSPS) is 21.9. The maximum absolute atomic E-state index is 12.3. The topological polar surface area (TPSA) is 181 Å². The molecule has 1 heterocycles. The Balaban J connectivity index is 1.90. The molecule has 5 atom stereocenters. The number of carbonyl (C=O) groups excluding carboxylic acids is 2.